The molecule has 0 saturated carbocycles. The molecule has 0 unspecified atom stereocenters. The molecule has 6 nitrogen and oxygen atoms in total. The normalized spacial score (nSPS) is 12.9. The Morgan fingerprint density at radius 2 is 1.78 bits per heavy atom. The highest BCUT2D eigenvalue weighted by molar-refractivity contribution is 7.09. The van der Waals surface area contributed by atoms with Crippen LogP contribution in [0.2, 0.25) is 0 Å². The second kappa shape index (κ2) is 10.9. The van der Waals surface area contributed by atoms with Gasteiger partial charge in [0, 0.05) is 42.5 Å². The summed E-state index contributed by atoms with van der Waals surface area (Å²) in [6, 6.07) is 21.8. The van der Waals surface area contributed by atoms with E-state index in [1.807, 2.05) is 69.9 Å². The van der Waals surface area contributed by atoms with Gasteiger partial charge in [-0.1, -0.05) is 49.4 Å². The number of amides is 2. The van der Waals surface area contributed by atoms with E-state index in [-0.39, 0.29) is 11.8 Å². The zero-order valence-electron chi connectivity index (χ0n) is 20.5. The van der Waals surface area contributed by atoms with Gasteiger partial charge in [0.15, 0.2) is 0 Å². The third-order valence-corrected chi connectivity index (χ3v) is 7.41. The molecular weight excluding hydrogens is 468 g/mol. The number of benzene rings is 2. The summed E-state index contributed by atoms with van der Waals surface area (Å²) in [5.74, 6) is 0.0257. The highest BCUT2D eigenvalue weighted by atomic mass is 32.1. The summed E-state index contributed by atoms with van der Waals surface area (Å²) in [6.07, 6.45) is 3.77. The molecule has 3 heterocycles. The monoisotopic (exact) mass is 498 g/mol. The zero-order chi connectivity index (χ0) is 24.9. The van der Waals surface area contributed by atoms with E-state index in [1.54, 1.807) is 0 Å². The van der Waals surface area contributed by atoms with Crippen LogP contribution in [0, 0.1) is 0 Å². The van der Waals surface area contributed by atoms with Crippen LogP contribution in [0.3, 0.4) is 0 Å². The Balaban J connectivity index is 1.26. The van der Waals surface area contributed by atoms with Crippen LogP contribution >= 0.6 is 11.3 Å². The van der Waals surface area contributed by atoms with Gasteiger partial charge in [0.1, 0.15) is 10.7 Å². The number of carbonyl (C=O) groups is 2. The maximum Gasteiger partial charge on any atom is 0.273 e. The van der Waals surface area contributed by atoms with Crippen LogP contribution in [0.5, 0.6) is 0 Å². The quantitative estimate of drug-likeness (QED) is 0.334. The average molecular weight is 499 g/mol. The van der Waals surface area contributed by atoms with Crippen LogP contribution in [-0.4, -0.2) is 44.3 Å². The Labute approximate surface area is 215 Å². The van der Waals surface area contributed by atoms with Crippen LogP contribution in [0.25, 0.3) is 0 Å². The molecule has 0 bridgehead atoms. The van der Waals surface area contributed by atoms with E-state index in [1.165, 1.54) is 22.5 Å². The van der Waals surface area contributed by atoms with Crippen molar-refractivity contribution in [1.82, 2.24) is 19.4 Å². The molecule has 0 aliphatic carbocycles. The van der Waals surface area contributed by atoms with E-state index in [0.29, 0.717) is 44.0 Å². The largest absolute Gasteiger partial charge is 0.343 e. The van der Waals surface area contributed by atoms with Gasteiger partial charge in [0.05, 0.1) is 13.1 Å². The highest BCUT2D eigenvalue weighted by Gasteiger charge is 2.24. The molecule has 7 heteroatoms. The molecule has 2 aromatic heterocycles. The molecule has 2 amide bonds. The van der Waals surface area contributed by atoms with Gasteiger partial charge in [-0.25, -0.2) is 4.98 Å². The fourth-order valence-electron chi connectivity index (χ4n) is 4.69. The minimum absolute atomic E-state index is 0.0117. The highest BCUT2D eigenvalue weighted by Crippen LogP contribution is 2.22. The molecular formula is C29H30N4O2S. The lowest BCUT2D eigenvalue weighted by atomic mass is 10.00. The number of fused-ring (bicyclic) bond motifs is 1. The Morgan fingerprint density at radius 1 is 1.00 bits per heavy atom. The molecule has 0 fully saturated rings. The lowest BCUT2D eigenvalue weighted by Gasteiger charge is -2.28. The Kier molecular flexibility index (Phi) is 7.28. The van der Waals surface area contributed by atoms with Crippen LogP contribution in [0.4, 0.5) is 0 Å². The number of carbonyl (C=O) groups excluding carboxylic acids is 2. The Bertz CT molecular complexity index is 1340. The van der Waals surface area contributed by atoms with Crippen LogP contribution in [0.15, 0.2) is 78.3 Å². The molecule has 184 valence electrons. The first-order valence-corrected chi connectivity index (χ1v) is 13.3. The average Bonchev–Trinajstić information content (AvgIpc) is 3.57. The lowest BCUT2D eigenvalue weighted by Crippen LogP contribution is -2.36. The van der Waals surface area contributed by atoms with Crippen molar-refractivity contribution in [3.63, 3.8) is 0 Å². The second-order valence-corrected chi connectivity index (χ2v) is 10.0. The zero-order valence-corrected chi connectivity index (χ0v) is 21.3. The van der Waals surface area contributed by atoms with E-state index in [9.17, 15) is 9.59 Å². The molecule has 0 N–H and O–H groups in total. The number of hydrogen-bond donors (Lipinski definition) is 0. The summed E-state index contributed by atoms with van der Waals surface area (Å²) in [4.78, 5) is 34.7. The summed E-state index contributed by atoms with van der Waals surface area (Å²) in [5.41, 5.74) is 4.79. The van der Waals surface area contributed by atoms with Crippen molar-refractivity contribution >= 4 is 23.2 Å². The van der Waals surface area contributed by atoms with Crippen LogP contribution in [0.1, 0.15) is 56.0 Å². The summed E-state index contributed by atoms with van der Waals surface area (Å²) in [6.45, 7) is 5.22. The van der Waals surface area contributed by atoms with Gasteiger partial charge >= 0.3 is 0 Å². The van der Waals surface area contributed by atoms with E-state index >= 15 is 0 Å². The minimum atomic E-state index is -0.0117. The van der Waals surface area contributed by atoms with E-state index in [0.717, 1.165) is 23.5 Å². The predicted octanol–water partition coefficient (Wildman–Crippen LogP) is 5.24. The third-order valence-electron chi connectivity index (χ3n) is 6.57. The van der Waals surface area contributed by atoms with Gasteiger partial charge in [-0.2, -0.15) is 0 Å². The summed E-state index contributed by atoms with van der Waals surface area (Å²) in [7, 11) is 0. The smallest absolute Gasteiger partial charge is 0.273 e. The summed E-state index contributed by atoms with van der Waals surface area (Å²) < 4.78 is 2.12. The van der Waals surface area contributed by atoms with Crippen molar-refractivity contribution < 1.29 is 9.59 Å². The molecule has 2 aromatic carbocycles. The van der Waals surface area contributed by atoms with Crippen LogP contribution in [-0.2, 0) is 26.1 Å². The molecule has 0 spiro atoms. The van der Waals surface area contributed by atoms with Crippen molar-refractivity contribution in [3.05, 3.63) is 111 Å². The van der Waals surface area contributed by atoms with Crippen molar-refractivity contribution in [2.45, 2.75) is 39.4 Å². The first-order chi connectivity index (χ1) is 17.6. The van der Waals surface area contributed by atoms with Crippen molar-refractivity contribution in [1.29, 1.82) is 0 Å². The van der Waals surface area contributed by atoms with Crippen LogP contribution < -0.4 is 0 Å². The number of rotatable bonds is 8. The number of thiazole rings is 1. The van der Waals surface area contributed by atoms with Gasteiger partial charge in [-0.05, 0) is 48.2 Å². The van der Waals surface area contributed by atoms with E-state index in [4.69, 9.17) is 0 Å². The number of aromatic nitrogens is 2. The standard InChI is InChI=1S/C29H30N4O2S/c1-2-15-32(28(34)23-10-4-3-5-11-23)19-25-13-8-16-31(25)20-27-30-26(21-36-27)29(35)33-17-14-22-9-6-7-12-24(22)18-33/h3-13,16,21H,2,14-15,17-20H2,1H3. The molecule has 1 aliphatic heterocycles. The van der Waals surface area contributed by atoms with Crippen molar-refractivity contribution in [3.8, 4) is 0 Å². The maximum absolute atomic E-state index is 13.1. The topological polar surface area (TPSA) is 58.4 Å². The summed E-state index contributed by atoms with van der Waals surface area (Å²) >= 11 is 1.51. The van der Waals surface area contributed by atoms with E-state index < -0.39 is 0 Å². The fraction of sp³-hybridized carbons (Fsp3) is 0.276. The Hall–Kier alpha value is -3.71. The molecule has 4 aromatic rings. The molecule has 0 atom stereocenters. The van der Waals surface area contributed by atoms with Gasteiger partial charge in [-0.15, -0.1) is 11.3 Å². The lowest BCUT2D eigenvalue weighted by molar-refractivity contribution is 0.0725. The van der Waals surface area contributed by atoms with Crippen molar-refractivity contribution in [2.75, 3.05) is 13.1 Å². The molecule has 0 radical (unpaired) electrons. The first kappa shape index (κ1) is 24.0. The minimum Gasteiger partial charge on any atom is -0.343 e. The summed E-state index contributed by atoms with van der Waals surface area (Å²) in [5, 5.41) is 2.74. The van der Waals surface area contributed by atoms with Gasteiger partial charge in [0.25, 0.3) is 11.8 Å². The molecule has 1 aliphatic rings. The molecule has 36 heavy (non-hydrogen) atoms. The van der Waals surface area contributed by atoms with Crippen molar-refractivity contribution in [2.24, 2.45) is 0 Å². The Morgan fingerprint density at radius 3 is 2.58 bits per heavy atom. The number of hydrogen-bond acceptors (Lipinski definition) is 4. The fourth-order valence-corrected chi connectivity index (χ4v) is 5.45. The predicted molar refractivity (Wildman–Crippen MR) is 142 cm³/mol. The molecule has 5 rings (SSSR count). The number of nitrogens with zero attached hydrogens (tertiary/aromatic N) is 4. The van der Waals surface area contributed by atoms with Gasteiger partial charge in [0.2, 0.25) is 0 Å². The van der Waals surface area contributed by atoms with Gasteiger partial charge in [-0.3, -0.25) is 9.59 Å². The second-order valence-electron chi connectivity index (χ2n) is 9.09. The van der Waals surface area contributed by atoms with E-state index in [2.05, 4.69) is 34.7 Å². The molecule has 0 saturated heterocycles. The van der Waals surface area contributed by atoms with Gasteiger partial charge < -0.3 is 14.4 Å². The first-order valence-electron chi connectivity index (χ1n) is 12.4. The maximum atomic E-state index is 13.1. The SMILES string of the molecule is CCCN(Cc1cccn1Cc1nc(C(=O)N2CCc3ccccc3C2)cs1)C(=O)c1ccccc1. The third kappa shape index (κ3) is 5.26.